The van der Waals surface area contributed by atoms with Gasteiger partial charge in [0.2, 0.25) is 15.9 Å². The third kappa shape index (κ3) is 3.87. The van der Waals surface area contributed by atoms with Gasteiger partial charge >= 0.3 is 0 Å². The smallest absolute Gasteiger partial charge is 0.242 e. The molecule has 1 heterocycles. The van der Waals surface area contributed by atoms with Crippen molar-refractivity contribution in [1.29, 1.82) is 0 Å². The number of piperidine rings is 1. The van der Waals surface area contributed by atoms with Crippen LogP contribution in [-0.4, -0.2) is 50.7 Å². The zero-order chi connectivity index (χ0) is 16.3. The first-order valence-electron chi connectivity index (χ1n) is 7.57. The maximum Gasteiger partial charge on any atom is 0.242 e. The van der Waals surface area contributed by atoms with Gasteiger partial charge in [-0.3, -0.25) is 4.79 Å². The van der Waals surface area contributed by atoms with E-state index in [0.29, 0.717) is 10.8 Å². The second kappa shape index (κ2) is 6.79. The molecule has 2 rings (SSSR count). The van der Waals surface area contributed by atoms with Crippen molar-refractivity contribution in [3.8, 4) is 0 Å². The molecule has 0 unspecified atom stereocenters. The van der Waals surface area contributed by atoms with Gasteiger partial charge in [0, 0.05) is 34.1 Å². The van der Waals surface area contributed by atoms with E-state index in [2.05, 4.69) is 0 Å². The highest BCUT2D eigenvalue weighted by molar-refractivity contribution is 7.89. The minimum absolute atomic E-state index is 0.150. The molecule has 1 aliphatic rings. The molecule has 122 valence electrons. The SMILES string of the molecule is CC(=O)N1CCC(Cc2ccc(S(=O)(=O)N(C)C)cc2)CC1. The van der Waals surface area contributed by atoms with E-state index in [1.165, 1.54) is 18.4 Å². The zero-order valence-electron chi connectivity index (χ0n) is 13.4. The standard InChI is InChI=1S/C16H24N2O3S/c1-13(19)18-10-8-15(9-11-18)12-14-4-6-16(7-5-14)22(20,21)17(2)3/h4-7,15H,8-12H2,1-3H3. The topological polar surface area (TPSA) is 57.7 Å². The Hall–Kier alpha value is -1.40. The summed E-state index contributed by atoms with van der Waals surface area (Å²) in [7, 11) is -0.287. The van der Waals surface area contributed by atoms with Gasteiger partial charge in [0.15, 0.2) is 0 Å². The van der Waals surface area contributed by atoms with E-state index in [0.717, 1.165) is 37.9 Å². The molecule has 1 aliphatic heterocycles. The summed E-state index contributed by atoms with van der Waals surface area (Å²) in [5, 5.41) is 0. The van der Waals surface area contributed by atoms with Crippen LogP contribution in [0.3, 0.4) is 0 Å². The van der Waals surface area contributed by atoms with Crippen LogP contribution in [-0.2, 0) is 21.2 Å². The quantitative estimate of drug-likeness (QED) is 0.847. The zero-order valence-corrected chi connectivity index (χ0v) is 14.3. The fraction of sp³-hybridized carbons (Fsp3) is 0.562. The first-order chi connectivity index (χ1) is 10.3. The molecule has 1 aromatic rings. The van der Waals surface area contributed by atoms with E-state index < -0.39 is 10.0 Å². The van der Waals surface area contributed by atoms with Crippen LogP contribution in [0.1, 0.15) is 25.3 Å². The van der Waals surface area contributed by atoms with E-state index in [1.807, 2.05) is 17.0 Å². The Morgan fingerprint density at radius 2 is 1.73 bits per heavy atom. The molecule has 22 heavy (non-hydrogen) atoms. The van der Waals surface area contributed by atoms with Crippen molar-refractivity contribution in [2.45, 2.75) is 31.1 Å². The molecule has 0 saturated carbocycles. The predicted molar refractivity (Wildman–Crippen MR) is 86.0 cm³/mol. The summed E-state index contributed by atoms with van der Waals surface area (Å²) >= 11 is 0. The fourth-order valence-corrected chi connectivity index (χ4v) is 3.70. The van der Waals surface area contributed by atoms with Crippen LogP contribution in [0.2, 0.25) is 0 Å². The van der Waals surface area contributed by atoms with E-state index in [9.17, 15) is 13.2 Å². The van der Waals surface area contributed by atoms with Crippen molar-refractivity contribution >= 4 is 15.9 Å². The summed E-state index contributed by atoms with van der Waals surface area (Å²) in [6.07, 6.45) is 2.96. The van der Waals surface area contributed by atoms with Crippen LogP contribution in [0.4, 0.5) is 0 Å². The third-order valence-electron chi connectivity index (χ3n) is 4.29. The molecule has 0 aliphatic carbocycles. The lowest BCUT2D eigenvalue weighted by atomic mass is 9.90. The lowest BCUT2D eigenvalue weighted by Crippen LogP contribution is -2.37. The Bertz CT molecular complexity index is 615. The van der Waals surface area contributed by atoms with Crippen molar-refractivity contribution < 1.29 is 13.2 Å². The van der Waals surface area contributed by atoms with Gasteiger partial charge in [-0.1, -0.05) is 12.1 Å². The van der Waals surface area contributed by atoms with Gasteiger partial charge in [0.25, 0.3) is 0 Å². The molecule has 5 nitrogen and oxygen atoms in total. The lowest BCUT2D eigenvalue weighted by molar-refractivity contribution is -0.130. The molecule has 0 spiro atoms. The molecule has 0 atom stereocenters. The van der Waals surface area contributed by atoms with Crippen molar-refractivity contribution in [1.82, 2.24) is 9.21 Å². The van der Waals surface area contributed by atoms with Crippen molar-refractivity contribution in [3.05, 3.63) is 29.8 Å². The summed E-state index contributed by atoms with van der Waals surface area (Å²) in [6, 6.07) is 7.15. The largest absolute Gasteiger partial charge is 0.343 e. The second-order valence-electron chi connectivity index (χ2n) is 6.08. The van der Waals surface area contributed by atoms with E-state index in [-0.39, 0.29) is 5.91 Å². The molecule has 1 fully saturated rings. The fourth-order valence-electron chi connectivity index (χ4n) is 2.79. The molecule has 1 aromatic carbocycles. The second-order valence-corrected chi connectivity index (χ2v) is 8.24. The van der Waals surface area contributed by atoms with Crippen LogP contribution in [0.5, 0.6) is 0 Å². The minimum atomic E-state index is -3.35. The summed E-state index contributed by atoms with van der Waals surface area (Å²) in [4.78, 5) is 13.5. The van der Waals surface area contributed by atoms with Gasteiger partial charge in [-0.2, -0.15) is 0 Å². The number of rotatable bonds is 4. The first-order valence-corrected chi connectivity index (χ1v) is 9.01. The molecule has 1 amide bonds. The highest BCUT2D eigenvalue weighted by atomic mass is 32.2. The summed E-state index contributed by atoms with van der Waals surface area (Å²) < 4.78 is 25.3. The number of nitrogens with zero attached hydrogens (tertiary/aromatic N) is 2. The first kappa shape index (κ1) is 17.0. The Labute approximate surface area is 133 Å². The molecule has 6 heteroatoms. The highest BCUT2D eigenvalue weighted by Gasteiger charge is 2.21. The highest BCUT2D eigenvalue weighted by Crippen LogP contribution is 2.23. The van der Waals surface area contributed by atoms with Crippen LogP contribution < -0.4 is 0 Å². The van der Waals surface area contributed by atoms with Gasteiger partial charge in [-0.25, -0.2) is 12.7 Å². The predicted octanol–water partition coefficient (Wildman–Crippen LogP) is 1.74. The Kier molecular flexibility index (Phi) is 5.24. The van der Waals surface area contributed by atoms with Crippen LogP contribution >= 0.6 is 0 Å². The minimum Gasteiger partial charge on any atom is -0.343 e. The van der Waals surface area contributed by atoms with E-state index in [1.54, 1.807) is 19.1 Å². The molecule has 0 N–H and O–H groups in total. The maximum atomic E-state index is 12.0. The van der Waals surface area contributed by atoms with Gasteiger partial charge < -0.3 is 4.90 Å². The van der Waals surface area contributed by atoms with Crippen molar-refractivity contribution in [2.75, 3.05) is 27.2 Å². The molecule has 1 saturated heterocycles. The van der Waals surface area contributed by atoms with Crippen molar-refractivity contribution in [2.24, 2.45) is 5.92 Å². The number of hydrogen-bond donors (Lipinski definition) is 0. The number of likely N-dealkylation sites (tertiary alicyclic amines) is 1. The average molecular weight is 324 g/mol. The van der Waals surface area contributed by atoms with E-state index in [4.69, 9.17) is 0 Å². The average Bonchev–Trinajstić information content (AvgIpc) is 2.48. The third-order valence-corrected chi connectivity index (χ3v) is 6.12. The normalized spacial score (nSPS) is 17.0. The monoisotopic (exact) mass is 324 g/mol. The molecular formula is C16H24N2O3S. The van der Waals surface area contributed by atoms with Gasteiger partial charge in [-0.15, -0.1) is 0 Å². The number of hydrogen-bond acceptors (Lipinski definition) is 3. The van der Waals surface area contributed by atoms with Crippen LogP contribution in [0, 0.1) is 5.92 Å². The number of carbonyl (C=O) groups excluding carboxylic acids is 1. The summed E-state index contributed by atoms with van der Waals surface area (Å²) in [5.74, 6) is 0.712. The Balaban J connectivity index is 1.97. The van der Waals surface area contributed by atoms with E-state index >= 15 is 0 Å². The van der Waals surface area contributed by atoms with Gasteiger partial charge in [-0.05, 0) is 42.9 Å². The van der Waals surface area contributed by atoms with Gasteiger partial charge in [0.1, 0.15) is 0 Å². The molecular weight excluding hydrogens is 300 g/mol. The Morgan fingerprint density at radius 3 is 2.18 bits per heavy atom. The number of carbonyl (C=O) groups is 1. The Morgan fingerprint density at radius 1 is 1.18 bits per heavy atom. The molecule has 0 bridgehead atoms. The maximum absolute atomic E-state index is 12.0. The molecule has 0 radical (unpaired) electrons. The van der Waals surface area contributed by atoms with Gasteiger partial charge in [0.05, 0.1) is 4.90 Å². The number of benzene rings is 1. The number of sulfonamides is 1. The van der Waals surface area contributed by atoms with Crippen LogP contribution in [0.25, 0.3) is 0 Å². The summed E-state index contributed by atoms with van der Waals surface area (Å²) in [5.41, 5.74) is 1.15. The van der Waals surface area contributed by atoms with Crippen LogP contribution in [0.15, 0.2) is 29.2 Å². The summed E-state index contributed by atoms with van der Waals surface area (Å²) in [6.45, 7) is 3.27. The lowest BCUT2D eigenvalue weighted by Gasteiger charge is -2.31. The number of amides is 1. The molecule has 0 aromatic heterocycles. The van der Waals surface area contributed by atoms with Crippen molar-refractivity contribution in [3.63, 3.8) is 0 Å².